The summed E-state index contributed by atoms with van der Waals surface area (Å²) in [6.07, 6.45) is 3.74. The monoisotopic (exact) mass is 305 g/mol. The first-order valence-corrected chi connectivity index (χ1v) is 6.95. The molecule has 1 aliphatic heterocycles. The highest BCUT2D eigenvalue weighted by Crippen LogP contribution is 2.24. The van der Waals surface area contributed by atoms with Crippen LogP contribution < -0.4 is 5.32 Å². The summed E-state index contributed by atoms with van der Waals surface area (Å²) in [7, 11) is 0. The number of hydrogen-bond donors (Lipinski definition) is 2. The number of pyridine rings is 1. The van der Waals surface area contributed by atoms with Crippen LogP contribution in [0.3, 0.4) is 0 Å². The number of phenolic OH excluding ortho intramolecular Hbond substituents is 1. The molecule has 21 heavy (non-hydrogen) atoms. The number of piperazine rings is 1. The molecule has 0 saturated carbocycles. The fraction of sp³-hybridized carbons (Fsp3) is 0.312. The lowest BCUT2D eigenvalue weighted by Crippen LogP contribution is -2.45. The van der Waals surface area contributed by atoms with E-state index in [0.717, 1.165) is 31.7 Å². The van der Waals surface area contributed by atoms with Gasteiger partial charge in [-0.25, -0.2) is 0 Å². The van der Waals surface area contributed by atoms with Gasteiger partial charge in [-0.15, -0.1) is 12.4 Å². The molecule has 1 atom stereocenters. The van der Waals surface area contributed by atoms with Gasteiger partial charge in [-0.05, 0) is 29.3 Å². The summed E-state index contributed by atoms with van der Waals surface area (Å²) in [5, 5.41) is 13.0. The van der Waals surface area contributed by atoms with Gasteiger partial charge in [-0.3, -0.25) is 9.88 Å². The fourth-order valence-corrected chi connectivity index (χ4v) is 2.73. The van der Waals surface area contributed by atoms with Crippen molar-refractivity contribution in [3.63, 3.8) is 0 Å². The Labute approximate surface area is 131 Å². The van der Waals surface area contributed by atoms with Crippen LogP contribution >= 0.6 is 12.4 Å². The number of aromatic nitrogens is 1. The van der Waals surface area contributed by atoms with Crippen LogP contribution in [-0.2, 0) is 6.54 Å². The number of aromatic hydroxyl groups is 1. The van der Waals surface area contributed by atoms with E-state index in [0.29, 0.717) is 11.8 Å². The molecule has 0 spiro atoms. The number of nitrogens with zero attached hydrogens (tertiary/aromatic N) is 2. The molecule has 2 N–H and O–H groups in total. The van der Waals surface area contributed by atoms with Gasteiger partial charge in [0.1, 0.15) is 5.75 Å². The van der Waals surface area contributed by atoms with E-state index < -0.39 is 0 Å². The largest absolute Gasteiger partial charge is 0.508 e. The van der Waals surface area contributed by atoms with Crippen LogP contribution in [0.2, 0.25) is 0 Å². The maximum atomic E-state index is 9.58. The van der Waals surface area contributed by atoms with E-state index in [9.17, 15) is 5.11 Å². The molecule has 0 aliphatic carbocycles. The molecule has 5 heteroatoms. The Balaban J connectivity index is 0.00000161. The van der Waals surface area contributed by atoms with Crippen molar-refractivity contribution < 1.29 is 5.11 Å². The van der Waals surface area contributed by atoms with Crippen molar-refractivity contribution in [1.82, 2.24) is 15.2 Å². The Bertz CT molecular complexity index is 564. The molecule has 1 aromatic heterocycles. The third-order valence-corrected chi connectivity index (χ3v) is 3.72. The summed E-state index contributed by atoms with van der Waals surface area (Å²) in [5.74, 6) is 0.329. The van der Waals surface area contributed by atoms with Gasteiger partial charge in [-0.2, -0.15) is 0 Å². The molecular weight excluding hydrogens is 286 g/mol. The van der Waals surface area contributed by atoms with Crippen LogP contribution in [0.5, 0.6) is 5.75 Å². The van der Waals surface area contributed by atoms with Crippen LogP contribution in [0.1, 0.15) is 17.2 Å². The third kappa shape index (κ3) is 3.94. The number of hydrogen-bond acceptors (Lipinski definition) is 4. The van der Waals surface area contributed by atoms with Crippen molar-refractivity contribution >= 4 is 12.4 Å². The Morgan fingerprint density at radius 2 is 2.19 bits per heavy atom. The van der Waals surface area contributed by atoms with Crippen molar-refractivity contribution in [2.45, 2.75) is 12.6 Å². The van der Waals surface area contributed by atoms with Crippen molar-refractivity contribution in [3.8, 4) is 5.75 Å². The minimum absolute atomic E-state index is 0. The minimum Gasteiger partial charge on any atom is -0.508 e. The summed E-state index contributed by atoms with van der Waals surface area (Å²) >= 11 is 0. The quantitative estimate of drug-likeness (QED) is 0.914. The summed E-state index contributed by atoms with van der Waals surface area (Å²) in [6.45, 7) is 3.77. The summed E-state index contributed by atoms with van der Waals surface area (Å²) in [6, 6.07) is 11.9. The van der Waals surface area contributed by atoms with E-state index in [-0.39, 0.29) is 12.4 Å². The number of halogens is 1. The topological polar surface area (TPSA) is 48.4 Å². The molecular formula is C16H20ClN3O. The van der Waals surface area contributed by atoms with Gasteiger partial charge < -0.3 is 10.4 Å². The van der Waals surface area contributed by atoms with Crippen LogP contribution in [0.4, 0.5) is 0 Å². The predicted molar refractivity (Wildman–Crippen MR) is 85.6 cm³/mol. The zero-order chi connectivity index (χ0) is 13.8. The zero-order valence-electron chi connectivity index (χ0n) is 11.8. The summed E-state index contributed by atoms with van der Waals surface area (Å²) < 4.78 is 0. The van der Waals surface area contributed by atoms with Crippen LogP contribution in [0.15, 0.2) is 48.8 Å². The molecule has 1 aliphatic rings. The van der Waals surface area contributed by atoms with Gasteiger partial charge in [0.05, 0.1) is 0 Å². The molecule has 0 radical (unpaired) electrons. The average Bonchev–Trinajstić information content (AvgIpc) is 2.49. The Hall–Kier alpha value is -1.62. The first kappa shape index (κ1) is 15.8. The van der Waals surface area contributed by atoms with Crippen LogP contribution in [0, 0.1) is 0 Å². The maximum Gasteiger partial charge on any atom is 0.115 e. The smallest absolute Gasteiger partial charge is 0.115 e. The Kier molecular flexibility index (Phi) is 5.56. The second-order valence-electron chi connectivity index (χ2n) is 5.15. The third-order valence-electron chi connectivity index (χ3n) is 3.72. The van der Waals surface area contributed by atoms with Gasteiger partial charge in [0.25, 0.3) is 0 Å². The zero-order valence-corrected chi connectivity index (χ0v) is 12.6. The average molecular weight is 306 g/mol. The maximum absolute atomic E-state index is 9.58. The molecule has 1 saturated heterocycles. The molecule has 1 aromatic carbocycles. The van der Waals surface area contributed by atoms with E-state index in [2.05, 4.69) is 27.3 Å². The predicted octanol–water partition coefficient (Wildman–Crippen LogP) is 2.36. The standard InChI is InChI=1S/C16H19N3O.ClH/c20-15-5-1-3-13(9-15)12-19-8-7-18-11-16(19)14-4-2-6-17-10-14;/h1-6,9-10,16,18,20H,7-8,11-12H2;1H. The molecule has 3 rings (SSSR count). The van der Waals surface area contributed by atoms with Gasteiger partial charge in [-0.1, -0.05) is 18.2 Å². The van der Waals surface area contributed by atoms with Crippen LogP contribution in [0.25, 0.3) is 0 Å². The lowest BCUT2D eigenvalue weighted by Gasteiger charge is -2.36. The second kappa shape index (κ2) is 7.41. The number of phenols is 1. The van der Waals surface area contributed by atoms with E-state index in [4.69, 9.17) is 0 Å². The highest BCUT2D eigenvalue weighted by molar-refractivity contribution is 5.85. The fourth-order valence-electron chi connectivity index (χ4n) is 2.73. The summed E-state index contributed by atoms with van der Waals surface area (Å²) in [5.41, 5.74) is 2.38. The van der Waals surface area contributed by atoms with Crippen LogP contribution in [-0.4, -0.2) is 34.6 Å². The van der Waals surface area contributed by atoms with E-state index in [1.54, 1.807) is 12.3 Å². The van der Waals surface area contributed by atoms with Crippen molar-refractivity contribution in [2.75, 3.05) is 19.6 Å². The van der Waals surface area contributed by atoms with Crippen molar-refractivity contribution in [2.24, 2.45) is 0 Å². The van der Waals surface area contributed by atoms with E-state index >= 15 is 0 Å². The SMILES string of the molecule is Cl.Oc1cccc(CN2CCNCC2c2cccnc2)c1. The number of nitrogens with one attached hydrogen (secondary N) is 1. The van der Waals surface area contributed by atoms with Gasteiger partial charge >= 0.3 is 0 Å². The van der Waals surface area contributed by atoms with E-state index in [1.807, 2.05) is 24.4 Å². The first-order chi connectivity index (χ1) is 9.83. The van der Waals surface area contributed by atoms with Crippen molar-refractivity contribution in [1.29, 1.82) is 0 Å². The van der Waals surface area contributed by atoms with Gasteiger partial charge in [0.15, 0.2) is 0 Å². The lowest BCUT2D eigenvalue weighted by atomic mass is 10.0. The molecule has 112 valence electrons. The van der Waals surface area contributed by atoms with Gasteiger partial charge in [0, 0.05) is 44.6 Å². The lowest BCUT2D eigenvalue weighted by molar-refractivity contribution is 0.153. The molecule has 1 fully saturated rings. The molecule has 4 nitrogen and oxygen atoms in total. The summed E-state index contributed by atoms with van der Waals surface area (Å²) in [4.78, 5) is 6.65. The normalized spacial score (nSPS) is 19.0. The number of rotatable bonds is 3. The Morgan fingerprint density at radius 1 is 1.29 bits per heavy atom. The Morgan fingerprint density at radius 3 is 2.95 bits per heavy atom. The molecule has 2 aromatic rings. The second-order valence-corrected chi connectivity index (χ2v) is 5.15. The minimum atomic E-state index is 0. The number of benzene rings is 1. The van der Waals surface area contributed by atoms with Gasteiger partial charge in [0.2, 0.25) is 0 Å². The van der Waals surface area contributed by atoms with Crippen molar-refractivity contribution in [3.05, 3.63) is 59.9 Å². The molecule has 0 amide bonds. The highest BCUT2D eigenvalue weighted by atomic mass is 35.5. The highest BCUT2D eigenvalue weighted by Gasteiger charge is 2.23. The molecule has 0 bridgehead atoms. The van der Waals surface area contributed by atoms with E-state index in [1.165, 1.54) is 5.56 Å². The molecule has 2 heterocycles. The molecule has 1 unspecified atom stereocenters. The first-order valence-electron chi connectivity index (χ1n) is 6.95.